The minimum atomic E-state index is 0.112. The van der Waals surface area contributed by atoms with E-state index in [1.54, 1.807) is 0 Å². The second kappa shape index (κ2) is 7.52. The van der Waals surface area contributed by atoms with Crippen molar-refractivity contribution in [2.45, 2.75) is 31.7 Å². The van der Waals surface area contributed by atoms with Crippen LogP contribution >= 0.6 is 0 Å². The molecule has 1 aromatic carbocycles. The van der Waals surface area contributed by atoms with Crippen molar-refractivity contribution >= 4 is 0 Å². The van der Waals surface area contributed by atoms with Crippen molar-refractivity contribution in [3.8, 4) is 0 Å². The van der Waals surface area contributed by atoms with Gasteiger partial charge in [0.15, 0.2) is 0 Å². The van der Waals surface area contributed by atoms with Crippen molar-refractivity contribution in [2.24, 2.45) is 0 Å². The Bertz CT molecular complexity index is 350. The molecule has 0 unspecified atom stereocenters. The van der Waals surface area contributed by atoms with Crippen molar-refractivity contribution in [1.29, 1.82) is 0 Å². The summed E-state index contributed by atoms with van der Waals surface area (Å²) in [5.41, 5.74) is 2.87. The summed E-state index contributed by atoms with van der Waals surface area (Å²) in [6, 6.07) is 8.91. The lowest BCUT2D eigenvalue weighted by Crippen LogP contribution is -2.16. The van der Waals surface area contributed by atoms with Crippen molar-refractivity contribution < 1.29 is 9.84 Å². The summed E-state index contributed by atoms with van der Waals surface area (Å²) in [6.45, 7) is 3.17. The van der Waals surface area contributed by atoms with Crippen LogP contribution in [0.1, 0.15) is 36.3 Å². The zero-order chi connectivity index (χ0) is 12.6. The van der Waals surface area contributed by atoms with Gasteiger partial charge >= 0.3 is 0 Å². The lowest BCUT2D eigenvalue weighted by Gasteiger charge is -2.07. The van der Waals surface area contributed by atoms with Crippen LogP contribution in [-0.4, -0.2) is 31.5 Å². The van der Waals surface area contributed by atoms with Gasteiger partial charge in [-0.3, -0.25) is 0 Å². The number of benzene rings is 1. The molecule has 0 radical (unpaired) electrons. The third-order valence-corrected chi connectivity index (χ3v) is 3.21. The molecule has 0 spiro atoms. The van der Waals surface area contributed by atoms with Gasteiger partial charge in [-0.25, -0.2) is 0 Å². The van der Waals surface area contributed by atoms with Gasteiger partial charge in [0.05, 0.1) is 13.2 Å². The van der Waals surface area contributed by atoms with Gasteiger partial charge in [0.25, 0.3) is 0 Å². The van der Waals surface area contributed by atoms with Crippen LogP contribution in [0.25, 0.3) is 0 Å². The minimum Gasteiger partial charge on any atom is -0.394 e. The molecule has 0 aromatic heterocycles. The predicted molar refractivity (Wildman–Crippen MR) is 72.6 cm³/mol. The molecule has 2 N–H and O–H groups in total. The van der Waals surface area contributed by atoms with E-state index in [9.17, 15) is 0 Å². The smallest absolute Gasteiger partial charge is 0.0697 e. The fraction of sp³-hybridized carbons (Fsp3) is 0.600. The number of rotatable bonds is 9. The Labute approximate surface area is 109 Å². The Kier molecular flexibility index (Phi) is 5.65. The monoisotopic (exact) mass is 249 g/mol. The molecule has 1 fully saturated rings. The predicted octanol–water partition coefficient (Wildman–Crippen LogP) is 2.05. The summed E-state index contributed by atoms with van der Waals surface area (Å²) < 4.78 is 5.20. The zero-order valence-electron chi connectivity index (χ0n) is 10.9. The molecule has 0 saturated heterocycles. The number of nitrogens with one attached hydrogen (secondary N) is 1. The van der Waals surface area contributed by atoms with Crippen LogP contribution < -0.4 is 5.32 Å². The van der Waals surface area contributed by atoms with E-state index in [1.807, 2.05) is 0 Å². The third kappa shape index (κ3) is 4.77. The average Bonchev–Trinajstić information content (AvgIpc) is 3.22. The molecule has 1 aliphatic rings. The Hall–Kier alpha value is -0.900. The first-order valence-corrected chi connectivity index (χ1v) is 6.88. The molecule has 18 heavy (non-hydrogen) atoms. The van der Waals surface area contributed by atoms with E-state index in [1.165, 1.54) is 24.0 Å². The fourth-order valence-corrected chi connectivity index (χ4v) is 2.07. The summed E-state index contributed by atoms with van der Waals surface area (Å²) in [5.74, 6) is 0.830. The Morgan fingerprint density at radius 2 is 2.17 bits per heavy atom. The highest BCUT2D eigenvalue weighted by Crippen LogP contribution is 2.40. The van der Waals surface area contributed by atoms with Crippen molar-refractivity contribution in [3.63, 3.8) is 0 Å². The molecule has 3 heteroatoms. The van der Waals surface area contributed by atoms with E-state index in [4.69, 9.17) is 9.84 Å². The van der Waals surface area contributed by atoms with Gasteiger partial charge in [-0.2, -0.15) is 0 Å². The molecule has 0 amide bonds. The number of ether oxygens (including phenoxy) is 1. The lowest BCUT2D eigenvalue weighted by molar-refractivity contribution is 0.0907. The molecule has 1 aromatic rings. The molecule has 100 valence electrons. The van der Waals surface area contributed by atoms with Gasteiger partial charge in [0, 0.05) is 13.2 Å². The molecule has 1 aliphatic carbocycles. The summed E-state index contributed by atoms with van der Waals surface area (Å²) in [6.07, 6.45) is 3.71. The van der Waals surface area contributed by atoms with E-state index in [-0.39, 0.29) is 6.61 Å². The van der Waals surface area contributed by atoms with Gasteiger partial charge in [0.2, 0.25) is 0 Å². The van der Waals surface area contributed by atoms with Gasteiger partial charge < -0.3 is 15.2 Å². The second-order valence-corrected chi connectivity index (χ2v) is 4.89. The van der Waals surface area contributed by atoms with E-state index in [0.29, 0.717) is 6.61 Å². The van der Waals surface area contributed by atoms with E-state index >= 15 is 0 Å². The summed E-state index contributed by atoms with van der Waals surface area (Å²) >= 11 is 0. The SMILES string of the molecule is OCCOCCCNCc1cccc(C2CC2)c1. The number of hydrogen-bond donors (Lipinski definition) is 2. The molecule has 0 aliphatic heterocycles. The summed E-state index contributed by atoms with van der Waals surface area (Å²) in [7, 11) is 0. The maximum atomic E-state index is 8.55. The number of aliphatic hydroxyl groups excluding tert-OH is 1. The van der Waals surface area contributed by atoms with Crippen molar-refractivity contribution in [1.82, 2.24) is 5.32 Å². The van der Waals surface area contributed by atoms with Crippen LogP contribution in [0.3, 0.4) is 0 Å². The van der Waals surface area contributed by atoms with Crippen LogP contribution in [-0.2, 0) is 11.3 Å². The Balaban J connectivity index is 1.59. The fourth-order valence-electron chi connectivity index (χ4n) is 2.07. The van der Waals surface area contributed by atoms with Gasteiger partial charge in [0.1, 0.15) is 0 Å². The van der Waals surface area contributed by atoms with Crippen LogP contribution in [0, 0.1) is 0 Å². The topological polar surface area (TPSA) is 41.5 Å². The maximum Gasteiger partial charge on any atom is 0.0697 e. The van der Waals surface area contributed by atoms with Crippen LogP contribution in [0.2, 0.25) is 0 Å². The highest BCUT2D eigenvalue weighted by molar-refractivity contribution is 5.28. The van der Waals surface area contributed by atoms with Crippen molar-refractivity contribution in [2.75, 3.05) is 26.4 Å². The lowest BCUT2D eigenvalue weighted by atomic mass is 10.1. The van der Waals surface area contributed by atoms with Crippen LogP contribution in [0.15, 0.2) is 24.3 Å². The molecular weight excluding hydrogens is 226 g/mol. The van der Waals surface area contributed by atoms with E-state index in [2.05, 4.69) is 29.6 Å². The molecule has 2 rings (SSSR count). The van der Waals surface area contributed by atoms with Crippen molar-refractivity contribution in [3.05, 3.63) is 35.4 Å². The third-order valence-electron chi connectivity index (χ3n) is 3.21. The maximum absolute atomic E-state index is 8.55. The highest BCUT2D eigenvalue weighted by Gasteiger charge is 2.23. The van der Waals surface area contributed by atoms with Crippen LogP contribution in [0.5, 0.6) is 0 Å². The molecule has 0 heterocycles. The molecular formula is C15H23NO2. The summed E-state index contributed by atoms with van der Waals surface area (Å²) in [4.78, 5) is 0. The number of aliphatic hydroxyl groups is 1. The molecule has 1 saturated carbocycles. The van der Waals surface area contributed by atoms with E-state index < -0.39 is 0 Å². The average molecular weight is 249 g/mol. The van der Waals surface area contributed by atoms with Gasteiger partial charge in [-0.05, 0) is 42.9 Å². The first-order chi connectivity index (χ1) is 8.90. The summed E-state index contributed by atoms with van der Waals surface area (Å²) in [5, 5.41) is 12.0. The molecule has 3 nitrogen and oxygen atoms in total. The normalized spacial score (nSPS) is 14.9. The minimum absolute atomic E-state index is 0.112. The zero-order valence-corrected chi connectivity index (χ0v) is 10.9. The first-order valence-electron chi connectivity index (χ1n) is 6.88. The first kappa shape index (κ1) is 13.5. The number of hydrogen-bond acceptors (Lipinski definition) is 3. The second-order valence-electron chi connectivity index (χ2n) is 4.89. The van der Waals surface area contributed by atoms with E-state index in [0.717, 1.165) is 32.0 Å². The van der Waals surface area contributed by atoms with Gasteiger partial charge in [-0.1, -0.05) is 24.3 Å². The standard InChI is InChI=1S/C15H23NO2/c17-8-10-18-9-2-7-16-12-13-3-1-4-15(11-13)14-5-6-14/h1,3-4,11,14,16-17H,2,5-10,12H2. The highest BCUT2D eigenvalue weighted by atomic mass is 16.5. The quantitative estimate of drug-likeness (QED) is 0.658. The largest absolute Gasteiger partial charge is 0.394 e. The molecule has 0 bridgehead atoms. The molecule has 0 atom stereocenters. The Morgan fingerprint density at radius 3 is 2.94 bits per heavy atom. The van der Waals surface area contributed by atoms with Crippen LogP contribution in [0.4, 0.5) is 0 Å². The Morgan fingerprint density at radius 1 is 1.28 bits per heavy atom. The van der Waals surface area contributed by atoms with Gasteiger partial charge in [-0.15, -0.1) is 0 Å².